The molecule has 0 unspecified atom stereocenters. The molecule has 0 radical (unpaired) electrons. The van der Waals surface area contributed by atoms with Crippen molar-refractivity contribution < 1.29 is 41.9 Å². The largest absolute Gasteiger partial charge is 0.494 e. The topological polar surface area (TPSA) is 202 Å². The molecule has 4 N–H and O–H groups in total. The number of nitrogens with zero attached hydrogens (tertiary/aromatic N) is 2. The predicted molar refractivity (Wildman–Crippen MR) is 198 cm³/mol. The van der Waals surface area contributed by atoms with Crippen LogP contribution in [-0.2, 0) is 29.1 Å². The van der Waals surface area contributed by atoms with Crippen LogP contribution >= 0.6 is 11.3 Å². The second-order valence-corrected chi connectivity index (χ2v) is 17.6. The second kappa shape index (κ2) is 16.1. The number of carbonyl (C=O) groups is 5. The SMILES string of the molecule is O=C1N[C@H]2CCCCC/C=C\[C@@H]3C[C@@]3(C(=O)NS(=O)(=O)C3CC3)NC(=O)[C@@H]3C[C@H](CN3C2=O)NC(=O)c2nc(cs2)-c2cccc(c2)OCCCCCO1. The lowest BCUT2D eigenvalue weighted by molar-refractivity contribution is -0.141. The lowest BCUT2D eigenvalue weighted by Gasteiger charge is -2.30. The van der Waals surface area contributed by atoms with Crippen molar-refractivity contribution in [3.63, 3.8) is 0 Å². The Morgan fingerprint density at radius 1 is 0.981 bits per heavy atom. The fourth-order valence-electron chi connectivity index (χ4n) is 7.33. The Hall–Kier alpha value is -4.51. The lowest BCUT2D eigenvalue weighted by atomic mass is 10.0. The van der Waals surface area contributed by atoms with Gasteiger partial charge >= 0.3 is 6.09 Å². The van der Waals surface area contributed by atoms with Gasteiger partial charge in [0.05, 0.1) is 24.2 Å². The number of benzene rings is 1. The Balaban J connectivity index is 1.17. The van der Waals surface area contributed by atoms with E-state index in [2.05, 4.69) is 25.7 Å². The zero-order valence-electron chi connectivity index (χ0n) is 29.9. The van der Waals surface area contributed by atoms with E-state index in [4.69, 9.17) is 9.47 Å². The molecule has 5 amide bonds. The number of aromatic nitrogens is 1. The minimum Gasteiger partial charge on any atom is -0.494 e. The van der Waals surface area contributed by atoms with Crippen LogP contribution in [-0.4, -0.2) is 96.7 Å². The van der Waals surface area contributed by atoms with Gasteiger partial charge in [-0.05, 0) is 76.3 Å². The molecule has 1 aromatic heterocycles. The number of nitrogens with one attached hydrogen (secondary N) is 4. The Morgan fingerprint density at radius 3 is 2.59 bits per heavy atom. The molecule has 2 saturated carbocycles. The smallest absolute Gasteiger partial charge is 0.407 e. The average Bonchev–Trinajstić information content (AvgIpc) is 4.02. The van der Waals surface area contributed by atoms with Crippen molar-refractivity contribution in [3.05, 3.63) is 46.8 Å². The van der Waals surface area contributed by atoms with E-state index in [0.717, 1.165) is 42.6 Å². The van der Waals surface area contributed by atoms with Crippen LogP contribution < -0.4 is 25.4 Å². The standard InChI is InChI=1S/C37H46N6O9S2/c44-31-30-19-25-21-43(30)34(46)28(13-6-3-1-2-5-11-24-20-37(24,41-31)35(47)42-54(49,50)27-14-15-27)40-36(48)52-17-8-4-7-16-51-26-12-9-10-23(18-26)29-22-53-33(39-29)32(45)38-25/h5,9-12,18,22,24-25,27-28,30H,1-4,6-8,13-17,19-21H2,(H,38,45)(H,40,48)(H,41,44)(H,42,47)/b11-5-/t24-,25-,28+,30+,37-/m1/s1. The maximum Gasteiger partial charge on any atom is 0.407 e. The molecule has 0 spiro atoms. The Kier molecular flexibility index (Phi) is 11.2. The quantitative estimate of drug-likeness (QED) is 0.335. The molecule has 54 heavy (non-hydrogen) atoms. The third-order valence-electron chi connectivity index (χ3n) is 10.6. The number of cyclic esters (lactones) is 1. The number of fused-ring (bicyclic) bond motifs is 8. The third-order valence-corrected chi connectivity index (χ3v) is 13.3. The molecule has 15 nitrogen and oxygen atoms in total. The molecule has 2 aliphatic carbocycles. The van der Waals surface area contributed by atoms with Crippen molar-refractivity contribution in [2.24, 2.45) is 5.92 Å². The van der Waals surface area contributed by atoms with Gasteiger partial charge in [-0.1, -0.05) is 37.1 Å². The lowest BCUT2D eigenvalue weighted by Crippen LogP contribution is -2.58. The first-order chi connectivity index (χ1) is 26.0. The van der Waals surface area contributed by atoms with Crippen LogP contribution in [0.4, 0.5) is 4.79 Å². The molecule has 1 saturated heterocycles. The average molecular weight is 783 g/mol. The molecule has 1 aromatic carbocycles. The van der Waals surface area contributed by atoms with E-state index in [1.54, 1.807) is 5.38 Å². The van der Waals surface area contributed by atoms with Gasteiger partial charge < -0.3 is 30.3 Å². The first-order valence-electron chi connectivity index (χ1n) is 18.8. The summed E-state index contributed by atoms with van der Waals surface area (Å²) in [6.07, 6.45) is 9.35. The number of sulfonamides is 1. The summed E-state index contributed by atoms with van der Waals surface area (Å²) in [5.74, 6) is -2.24. The van der Waals surface area contributed by atoms with Gasteiger partial charge in [-0.25, -0.2) is 18.2 Å². The summed E-state index contributed by atoms with van der Waals surface area (Å²) in [7, 11) is -3.90. The van der Waals surface area contributed by atoms with Crippen LogP contribution in [0, 0.1) is 5.92 Å². The highest BCUT2D eigenvalue weighted by molar-refractivity contribution is 7.91. The van der Waals surface area contributed by atoms with Gasteiger partial charge in [0.2, 0.25) is 21.8 Å². The van der Waals surface area contributed by atoms with Crippen molar-refractivity contribution in [1.29, 1.82) is 0 Å². The second-order valence-electron chi connectivity index (χ2n) is 14.7. The van der Waals surface area contributed by atoms with E-state index < -0.39 is 74.6 Å². The summed E-state index contributed by atoms with van der Waals surface area (Å²) in [5, 5.41) is 9.84. The van der Waals surface area contributed by atoms with Gasteiger partial charge in [-0.15, -0.1) is 11.3 Å². The normalized spacial score (nSPS) is 29.2. The van der Waals surface area contributed by atoms with Crippen LogP contribution in [0.25, 0.3) is 11.3 Å². The van der Waals surface area contributed by atoms with Crippen LogP contribution in [0.15, 0.2) is 41.8 Å². The number of ether oxygens (including phenoxy) is 2. The Bertz CT molecular complexity index is 1910. The Labute approximate surface area is 318 Å². The van der Waals surface area contributed by atoms with Crippen molar-refractivity contribution in [3.8, 4) is 17.0 Å². The number of alkyl carbamates (subject to hydrolysis) is 1. The number of allylic oxidation sites excluding steroid dienone is 1. The number of amides is 5. The van der Waals surface area contributed by atoms with Crippen molar-refractivity contribution in [1.82, 2.24) is 30.6 Å². The zero-order valence-corrected chi connectivity index (χ0v) is 31.6. The molecule has 4 heterocycles. The molecule has 3 fully saturated rings. The molecular formula is C37H46N6O9S2. The van der Waals surface area contributed by atoms with Crippen molar-refractivity contribution in [2.75, 3.05) is 19.8 Å². The summed E-state index contributed by atoms with van der Waals surface area (Å²) < 4.78 is 39.2. The fourth-order valence-corrected chi connectivity index (χ4v) is 9.42. The van der Waals surface area contributed by atoms with E-state index >= 15 is 0 Å². The van der Waals surface area contributed by atoms with Gasteiger partial charge in [0.15, 0.2) is 5.01 Å². The van der Waals surface area contributed by atoms with Crippen LogP contribution in [0.5, 0.6) is 5.75 Å². The first kappa shape index (κ1) is 37.8. The summed E-state index contributed by atoms with van der Waals surface area (Å²) in [4.78, 5) is 74.8. The molecule has 17 heteroatoms. The zero-order chi connectivity index (χ0) is 37.9. The van der Waals surface area contributed by atoms with Crippen molar-refractivity contribution >= 4 is 51.1 Å². The number of hydrogen-bond donors (Lipinski definition) is 4. The predicted octanol–water partition coefficient (Wildman–Crippen LogP) is 3.17. The minimum atomic E-state index is -3.90. The van der Waals surface area contributed by atoms with E-state index in [-0.39, 0.29) is 31.0 Å². The van der Waals surface area contributed by atoms with E-state index in [1.165, 1.54) is 4.90 Å². The van der Waals surface area contributed by atoms with Gasteiger partial charge in [-0.2, -0.15) is 0 Å². The highest BCUT2D eigenvalue weighted by Crippen LogP contribution is 2.46. The molecule has 290 valence electrons. The first-order valence-corrected chi connectivity index (χ1v) is 21.2. The van der Waals surface area contributed by atoms with Crippen molar-refractivity contribution in [2.45, 2.75) is 106 Å². The van der Waals surface area contributed by atoms with Gasteiger partial charge in [0.25, 0.3) is 11.8 Å². The summed E-state index contributed by atoms with van der Waals surface area (Å²) in [6, 6.07) is 4.60. The monoisotopic (exact) mass is 782 g/mol. The molecular weight excluding hydrogens is 737 g/mol. The molecule has 5 aliphatic rings. The maximum absolute atomic E-state index is 14.4. The van der Waals surface area contributed by atoms with E-state index in [9.17, 15) is 32.4 Å². The summed E-state index contributed by atoms with van der Waals surface area (Å²) in [6.45, 7) is 0.558. The van der Waals surface area contributed by atoms with E-state index in [0.29, 0.717) is 56.6 Å². The number of thiazole rings is 1. The minimum absolute atomic E-state index is 0.0106. The molecule has 7 bridgehead atoms. The van der Waals surface area contributed by atoms with Crippen LogP contribution in [0.3, 0.4) is 0 Å². The number of rotatable bonds is 3. The van der Waals surface area contributed by atoms with E-state index in [1.807, 2.05) is 36.4 Å². The Morgan fingerprint density at radius 2 is 1.78 bits per heavy atom. The number of hydrogen-bond acceptors (Lipinski definition) is 11. The van der Waals surface area contributed by atoms with Gasteiger partial charge in [-0.3, -0.25) is 23.9 Å². The molecule has 7 rings (SSSR count). The molecule has 3 aliphatic heterocycles. The fraction of sp³-hybridized carbons (Fsp3) is 0.568. The number of carbonyl (C=O) groups excluding carboxylic acids is 5. The van der Waals surface area contributed by atoms with Crippen LogP contribution in [0.2, 0.25) is 0 Å². The molecule has 2 aromatic rings. The summed E-state index contributed by atoms with van der Waals surface area (Å²) in [5.41, 5.74) is -0.142. The highest BCUT2D eigenvalue weighted by Gasteiger charge is 2.62. The molecule has 5 atom stereocenters. The highest BCUT2D eigenvalue weighted by atomic mass is 32.2. The van der Waals surface area contributed by atoms with Gasteiger partial charge in [0.1, 0.15) is 23.4 Å². The third kappa shape index (κ3) is 8.72. The van der Waals surface area contributed by atoms with Crippen LogP contribution in [0.1, 0.15) is 86.9 Å². The van der Waals surface area contributed by atoms with Gasteiger partial charge in [0, 0.05) is 29.4 Å². The summed E-state index contributed by atoms with van der Waals surface area (Å²) >= 11 is 1.16. The maximum atomic E-state index is 14.4.